The molecule has 1 heterocycles. The fourth-order valence-electron chi connectivity index (χ4n) is 2.21. The van der Waals surface area contributed by atoms with E-state index in [1.165, 1.54) is 19.2 Å². The molecule has 21 heavy (non-hydrogen) atoms. The van der Waals surface area contributed by atoms with E-state index in [4.69, 9.17) is 4.74 Å². The van der Waals surface area contributed by atoms with Gasteiger partial charge in [0.05, 0.1) is 24.3 Å². The SMILES string of the molecule is COCCN1C(=O)c2cc(C)c(C(=O)NC=O)cc2C1=O. The van der Waals surface area contributed by atoms with Crippen molar-refractivity contribution in [2.75, 3.05) is 20.3 Å². The quantitative estimate of drug-likeness (QED) is 0.614. The molecule has 0 atom stereocenters. The van der Waals surface area contributed by atoms with Gasteiger partial charge >= 0.3 is 0 Å². The molecule has 1 aliphatic rings. The number of carbonyl (C=O) groups is 4. The summed E-state index contributed by atoms with van der Waals surface area (Å²) in [6, 6.07) is 2.83. The fourth-order valence-corrected chi connectivity index (χ4v) is 2.21. The number of nitrogens with one attached hydrogen (secondary N) is 1. The van der Waals surface area contributed by atoms with E-state index in [0.29, 0.717) is 5.56 Å². The van der Waals surface area contributed by atoms with Gasteiger partial charge in [-0.15, -0.1) is 0 Å². The predicted molar refractivity (Wildman–Crippen MR) is 72.0 cm³/mol. The molecule has 110 valence electrons. The van der Waals surface area contributed by atoms with Crippen LogP contribution >= 0.6 is 0 Å². The Labute approximate surface area is 120 Å². The zero-order valence-electron chi connectivity index (χ0n) is 11.6. The second-order valence-corrected chi connectivity index (χ2v) is 4.56. The van der Waals surface area contributed by atoms with Crippen LogP contribution in [0.5, 0.6) is 0 Å². The zero-order valence-corrected chi connectivity index (χ0v) is 11.6. The van der Waals surface area contributed by atoms with E-state index in [2.05, 4.69) is 0 Å². The molecular formula is C14H14N2O5. The van der Waals surface area contributed by atoms with Gasteiger partial charge in [-0.2, -0.15) is 0 Å². The molecule has 0 radical (unpaired) electrons. The number of hydrogen-bond acceptors (Lipinski definition) is 5. The first-order chi connectivity index (χ1) is 10.0. The number of carbonyl (C=O) groups excluding carboxylic acids is 4. The number of nitrogens with zero attached hydrogens (tertiary/aromatic N) is 1. The maximum Gasteiger partial charge on any atom is 0.261 e. The number of fused-ring (bicyclic) bond motifs is 1. The highest BCUT2D eigenvalue weighted by Gasteiger charge is 2.36. The van der Waals surface area contributed by atoms with Crippen LogP contribution in [0.1, 0.15) is 36.6 Å². The fraction of sp³-hybridized carbons (Fsp3) is 0.286. The van der Waals surface area contributed by atoms with Crippen LogP contribution in [0.3, 0.4) is 0 Å². The lowest BCUT2D eigenvalue weighted by Gasteiger charge is -2.12. The number of aryl methyl sites for hydroxylation is 1. The smallest absolute Gasteiger partial charge is 0.261 e. The number of imide groups is 2. The minimum Gasteiger partial charge on any atom is -0.383 e. The molecule has 7 nitrogen and oxygen atoms in total. The van der Waals surface area contributed by atoms with Crippen molar-refractivity contribution in [2.45, 2.75) is 6.92 Å². The van der Waals surface area contributed by atoms with Crippen molar-refractivity contribution in [2.24, 2.45) is 0 Å². The van der Waals surface area contributed by atoms with Gasteiger partial charge in [0.15, 0.2) is 0 Å². The van der Waals surface area contributed by atoms with E-state index in [0.717, 1.165) is 4.90 Å². The molecule has 1 aromatic carbocycles. The van der Waals surface area contributed by atoms with Crippen LogP contribution in [-0.2, 0) is 9.53 Å². The zero-order chi connectivity index (χ0) is 15.6. The first-order valence-corrected chi connectivity index (χ1v) is 6.25. The number of hydrogen-bond donors (Lipinski definition) is 1. The number of rotatable bonds is 5. The summed E-state index contributed by atoms with van der Waals surface area (Å²) in [6.45, 7) is 2.02. The first kappa shape index (κ1) is 14.9. The lowest BCUT2D eigenvalue weighted by Crippen LogP contribution is -2.32. The van der Waals surface area contributed by atoms with Crippen LogP contribution in [0.2, 0.25) is 0 Å². The number of ether oxygens (including phenoxy) is 1. The van der Waals surface area contributed by atoms with Crippen LogP contribution < -0.4 is 5.32 Å². The monoisotopic (exact) mass is 290 g/mol. The molecule has 4 amide bonds. The molecule has 0 saturated heterocycles. The lowest BCUT2D eigenvalue weighted by molar-refractivity contribution is -0.108. The molecule has 7 heteroatoms. The van der Waals surface area contributed by atoms with Crippen molar-refractivity contribution in [3.8, 4) is 0 Å². The van der Waals surface area contributed by atoms with Gasteiger partial charge < -0.3 is 4.74 Å². The Morgan fingerprint density at radius 3 is 2.48 bits per heavy atom. The van der Waals surface area contributed by atoms with Gasteiger partial charge in [0.25, 0.3) is 17.7 Å². The van der Waals surface area contributed by atoms with Crippen LogP contribution in [0.4, 0.5) is 0 Å². The van der Waals surface area contributed by atoms with E-state index < -0.39 is 17.7 Å². The Bertz CT molecular complexity index is 638. The van der Waals surface area contributed by atoms with Crippen molar-refractivity contribution < 1.29 is 23.9 Å². The highest BCUT2D eigenvalue weighted by molar-refractivity contribution is 6.22. The van der Waals surface area contributed by atoms with Crippen molar-refractivity contribution in [1.29, 1.82) is 0 Å². The molecule has 1 N–H and O–H groups in total. The van der Waals surface area contributed by atoms with E-state index in [1.807, 2.05) is 5.32 Å². The van der Waals surface area contributed by atoms with Crippen LogP contribution in [0, 0.1) is 6.92 Å². The van der Waals surface area contributed by atoms with Crippen molar-refractivity contribution in [1.82, 2.24) is 10.2 Å². The van der Waals surface area contributed by atoms with Gasteiger partial charge in [-0.3, -0.25) is 29.4 Å². The van der Waals surface area contributed by atoms with Gasteiger partial charge in [0, 0.05) is 12.7 Å². The minimum absolute atomic E-state index is 0.151. The number of benzene rings is 1. The van der Waals surface area contributed by atoms with Gasteiger partial charge in [0.1, 0.15) is 0 Å². The van der Waals surface area contributed by atoms with Crippen molar-refractivity contribution in [3.05, 3.63) is 34.4 Å². The highest BCUT2D eigenvalue weighted by atomic mass is 16.5. The molecule has 1 aromatic rings. The maximum atomic E-state index is 12.2. The van der Waals surface area contributed by atoms with Gasteiger partial charge in [-0.25, -0.2) is 0 Å². The standard InChI is InChI=1S/C14H14N2O5/c1-8-5-10-11(6-9(8)12(18)15-7-17)14(20)16(13(10)19)3-4-21-2/h5-7H,3-4H2,1-2H3,(H,15,17,18). The summed E-state index contributed by atoms with van der Waals surface area (Å²) in [7, 11) is 1.48. The summed E-state index contributed by atoms with van der Waals surface area (Å²) >= 11 is 0. The van der Waals surface area contributed by atoms with Gasteiger partial charge in [-0.05, 0) is 24.6 Å². The summed E-state index contributed by atoms with van der Waals surface area (Å²) < 4.78 is 4.87. The summed E-state index contributed by atoms with van der Waals surface area (Å²) in [6.07, 6.45) is 0.271. The molecule has 0 aromatic heterocycles. The largest absolute Gasteiger partial charge is 0.383 e. The highest BCUT2D eigenvalue weighted by Crippen LogP contribution is 2.26. The molecule has 0 saturated carbocycles. The average Bonchev–Trinajstić information content (AvgIpc) is 2.68. The lowest BCUT2D eigenvalue weighted by atomic mass is 10.00. The van der Waals surface area contributed by atoms with Gasteiger partial charge in [-0.1, -0.05) is 0 Å². The third kappa shape index (κ3) is 2.55. The van der Waals surface area contributed by atoms with E-state index in [1.54, 1.807) is 6.92 Å². The third-order valence-electron chi connectivity index (χ3n) is 3.27. The summed E-state index contributed by atoms with van der Waals surface area (Å²) in [4.78, 5) is 47.5. The van der Waals surface area contributed by atoms with Crippen molar-refractivity contribution >= 4 is 24.1 Å². The molecular weight excluding hydrogens is 276 g/mol. The number of amides is 4. The third-order valence-corrected chi connectivity index (χ3v) is 3.27. The molecule has 0 bridgehead atoms. The molecule has 0 fully saturated rings. The summed E-state index contributed by atoms with van der Waals surface area (Å²) in [5, 5.41) is 2.02. The topological polar surface area (TPSA) is 92.8 Å². The molecule has 1 aliphatic heterocycles. The summed E-state index contributed by atoms with van der Waals surface area (Å²) in [5.41, 5.74) is 1.13. The average molecular weight is 290 g/mol. The van der Waals surface area contributed by atoms with E-state index in [9.17, 15) is 19.2 Å². The van der Waals surface area contributed by atoms with E-state index >= 15 is 0 Å². The van der Waals surface area contributed by atoms with Crippen LogP contribution in [-0.4, -0.2) is 49.3 Å². The minimum atomic E-state index is -0.610. The van der Waals surface area contributed by atoms with Gasteiger partial charge in [0.2, 0.25) is 6.41 Å². The predicted octanol–water partition coefficient (Wildman–Crippen LogP) is 0.124. The molecule has 2 rings (SSSR count). The Kier molecular flexibility index (Phi) is 4.13. The number of methoxy groups -OCH3 is 1. The molecule has 0 spiro atoms. The Morgan fingerprint density at radius 1 is 1.29 bits per heavy atom. The van der Waals surface area contributed by atoms with Crippen LogP contribution in [0.25, 0.3) is 0 Å². The van der Waals surface area contributed by atoms with Crippen molar-refractivity contribution in [3.63, 3.8) is 0 Å². The second-order valence-electron chi connectivity index (χ2n) is 4.56. The first-order valence-electron chi connectivity index (χ1n) is 6.25. The second kappa shape index (κ2) is 5.84. The van der Waals surface area contributed by atoms with E-state index in [-0.39, 0.29) is 36.3 Å². The Balaban J connectivity index is 2.41. The normalized spacial score (nSPS) is 13.3. The van der Waals surface area contributed by atoms with Crippen LogP contribution in [0.15, 0.2) is 12.1 Å². The Morgan fingerprint density at radius 2 is 1.90 bits per heavy atom. The molecule has 0 aliphatic carbocycles. The molecule has 0 unspecified atom stereocenters. The summed E-state index contributed by atoms with van der Waals surface area (Å²) in [5.74, 6) is -1.48. The maximum absolute atomic E-state index is 12.2. The Hall–Kier alpha value is -2.54.